The minimum Gasteiger partial charge on any atom is -0.380 e. The lowest BCUT2D eigenvalue weighted by atomic mass is 9.99. The minimum atomic E-state index is -1.11. The van der Waals surface area contributed by atoms with Crippen LogP contribution in [0.5, 0.6) is 0 Å². The number of nitrogens with zero attached hydrogens (tertiary/aromatic N) is 4. The highest BCUT2D eigenvalue weighted by molar-refractivity contribution is 5.84. The first-order valence-corrected chi connectivity index (χ1v) is 9.99. The number of rotatable bonds is 6. The van der Waals surface area contributed by atoms with E-state index in [1.54, 1.807) is 4.57 Å². The number of nitrogens with two attached hydrogens (primary N) is 2. The van der Waals surface area contributed by atoms with Gasteiger partial charge in [-0.2, -0.15) is 4.68 Å². The number of aromatic nitrogens is 3. The van der Waals surface area contributed by atoms with Crippen molar-refractivity contribution in [3.8, 4) is 0 Å². The molecule has 4 rings (SSSR count). The molecule has 29 heavy (non-hydrogen) atoms. The number of pyridine rings is 1. The van der Waals surface area contributed by atoms with Crippen LogP contribution in [0.15, 0.2) is 15.8 Å². The fourth-order valence-corrected chi connectivity index (χ4v) is 4.22. The average molecular weight is 406 g/mol. The minimum absolute atomic E-state index is 0.0224. The number of nitrogen functional groups attached to an aromatic ring is 1. The van der Waals surface area contributed by atoms with Gasteiger partial charge in [-0.1, -0.05) is 0 Å². The predicted molar refractivity (Wildman–Crippen MR) is 108 cm³/mol. The number of aryl methyl sites for hydroxylation is 1. The van der Waals surface area contributed by atoms with Gasteiger partial charge in [0.25, 0.3) is 5.56 Å². The third-order valence-corrected chi connectivity index (χ3v) is 5.93. The van der Waals surface area contributed by atoms with Gasteiger partial charge in [0.15, 0.2) is 0 Å². The Morgan fingerprint density at radius 3 is 2.72 bits per heavy atom. The molecule has 0 aromatic carbocycles. The van der Waals surface area contributed by atoms with Crippen LogP contribution in [-0.2, 0) is 4.74 Å². The molecule has 0 spiro atoms. The molecule has 3 heterocycles. The van der Waals surface area contributed by atoms with E-state index in [-0.39, 0.29) is 18.5 Å². The Balaban J connectivity index is 1.76. The van der Waals surface area contributed by atoms with Crippen molar-refractivity contribution in [3.05, 3.63) is 32.6 Å². The van der Waals surface area contributed by atoms with Crippen molar-refractivity contribution in [2.45, 2.75) is 44.9 Å². The normalized spacial score (nSPS) is 23.1. The largest absolute Gasteiger partial charge is 0.380 e. The highest BCUT2D eigenvalue weighted by Gasteiger charge is 2.38. The molecule has 2 aliphatic rings. The third-order valence-electron chi connectivity index (χ3n) is 5.93. The molecule has 1 aliphatic heterocycles. The summed E-state index contributed by atoms with van der Waals surface area (Å²) in [5.41, 5.74) is 6.23. The fourth-order valence-electron chi connectivity index (χ4n) is 4.22. The number of hydrogen-bond donors (Lipinski definition) is 2. The Morgan fingerprint density at radius 1 is 1.34 bits per heavy atom. The molecule has 0 radical (unpaired) electrons. The second kappa shape index (κ2) is 7.42. The molecular formula is C19H27FN6O3. The van der Waals surface area contributed by atoms with Crippen LogP contribution in [0.25, 0.3) is 10.9 Å². The first-order chi connectivity index (χ1) is 13.8. The van der Waals surface area contributed by atoms with Crippen molar-refractivity contribution in [1.82, 2.24) is 14.2 Å². The van der Waals surface area contributed by atoms with E-state index in [1.807, 2.05) is 18.7 Å². The van der Waals surface area contributed by atoms with Gasteiger partial charge in [0.2, 0.25) is 0 Å². The number of anilines is 1. The zero-order valence-electron chi connectivity index (χ0n) is 16.7. The highest BCUT2D eigenvalue weighted by atomic mass is 19.1. The summed E-state index contributed by atoms with van der Waals surface area (Å²) in [6, 6.07) is -0.390. The van der Waals surface area contributed by atoms with E-state index in [0.29, 0.717) is 46.7 Å². The first kappa shape index (κ1) is 19.8. The molecule has 9 nitrogen and oxygen atoms in total. The molecule has 0 amide bonds. The fraction of sp³-hybridized carbons (Fsp3) is 0.632. The molecule has 3 atom stereocenters. The summed E-state index contributed by atoms with van der Waals surface area (Å²) in [5.74, 6) is 5.88. The molecule has 2 aromatic rings. The Morgan fingerprint density at radius 2 is 2.07 bits per heavy atom. The number of alkyl halides is 1. The van der Waals surface area contributed by atoms with E-state index >= 15 is 0 Å². The van der Waals surface area contributed by atoms with Crippen molar-refractivity contribution in [3.63, 3.8) is 0 Å². The Bertz CT molecular complexity index is 1050. The molecule has 1 saturated heterocycles. The lowest BCUT2D eigenvalue weighted by molar-refractivity contribution is 0.105. The van der Waals surface area contributed by atoms with Crippen LogP contribution in [-0.4, -0.2) is 52.7 Å². The van der Waals surface area contributed by atoms with Gasteiger partial charge in [-0.15, -0.1) is 0 Å². The van der Waals surface area contributed by atoms with Gasteiger partial charge in [-0.25, -0.2) is 14.2 Å². The number of halogens is 1. The van der Waals surface area contributed by atoms with Gasteiger partial charge >= 0.3 is 5.69 Å². The van der Waals surface area contributed by atoms with E-state index < -0.39 is 23.5 Å². The van der Waals surface area contributed by atoms with Crippen LogP contribution in [0.4, 0.5) is 10.2 Å². The van der Waals surface area contributed by atoms with E-state index in [1.165, 1.54) is 6.20 Å². The second-order valence-electron chi connectivity index (χ2n) is 7.94. The molecule has 3 unspecified atom stereocenters. The van der Waals surface area contributed by atoms with Crippen molar-refractivity contribution >= 4 is 16.7 Å². The zero-order chi connectivity index (χ0) is 20.9. The Labute approximate surface area is 167 Å². The lowest BCUT2D eigenvalue weighted by Gasteiger charge is -2.23. The molecule has 10 heteroatoms. The number of hydrogen-bond acceptors (Lipinski definition) is 7. The smallest absolute Gasteiger partial charge is 0.350 e. The third kappa shape index (κ3) is 3.29. The van der Waals surface area contributed by atoms with E-state index in [0.717, 1.165) is 12.8 Å². The quantitative estimate of drug-likeness (QED) is 0.650. The number of fused-ring (bicyclic) bond motifs is 1. The van der Waals surface area contributed by atoms with Crippen molar-refractivity contribution in [1.29, 1.82) is 0 Å². The summed E-state index contributed by atoms with van der Waals surface area (Å²) < 4.78 is 22.3. The standard InChI is InChI=1S/C19H27FN6O3/c1-3-29-9-15(21)13-7-24(8-14(13)20)17-10(2)16-12(6-23-17)18(27)26(22)19(28)25(16)11-4-5-11/h6,11,13-15H,3-5,7-9,21-22H2,1-2H3. The SMILES string of the molecule is CCOCC(N)C1CN(c2ncc3c(=O)n(N)c(=O)n(C4CC4)c3c2C)CC1F. The van der Waals surface area contributed by atoms with Gasteiger partial charge in [0.05, 0.1) is 24.1 Å². The molecular weight excluding hydrogens is 379 g/mol. The van der Waals surface area contributed by atoms with Crippen LogP contribution in [0.1, 0.15) is 31.4 Å². The van der Waals surface area contributed by atoms with E-state index in [9.17, 15) is 14.0 Å². The van der Waals surface area contributed by atoms with E-state index in [2.05, 4.69) is 4.98 Å². The maximum atomic E-state index is 14.7. The Hall–Kier alpha value is -2.46. The van der Waals surface area contributed by atoms with Crippen LogP contribution in [0.2, 0.25) is 0 Å². The second-order valence-corrected chi connectivity index (χ2v) is 7.94. The summed E-state index contributed by atoms with van der Waals surface area (Å²) in [6.45, 7) is 5.07. The summed E-state index contributed by atoms with van der Waals surface area (Å²) in [7, 11) is 0. The monoisotopic (exact) mass is 406 g/mol. The van der Waals surface area contributed by atoms with Crippen LogP contribution in [0, 0.1) is 12.8 Å². The predicted octanol–water partition coefficient (Wildman–Crippen LogP) is 0.0534. The van der Waals surface area contributed by atoms with Crippen LogP contribution < -0.4 is 27.7 Å². The van der Waals surface area contributed by atoms with Gasteiger partial charge in [-0.05, 0) is 26.7 Å². The van der Waals surface area contributed by atoms with Crippen molar-refractivity contribution < 1.29 is 9.13 Å². The maximum absolute atomic E-state index is 14.7. The Kier molecular flexibility index (Phi) is 5.07. The summed E-state index contributed by atoms with van der Waals surface area (Å²) in [6.07, 6.45) is 2.04. The van der Waals surface area contributed by atoms with Gasteiger partial charge in [-0.3, -0.25) is 9.36 Å². The molecule has 1 aliphatic carbocycles. The van der Waals surface area contributed by atoms with Crippen molar-refractivity contribution in [2.24, 2.45) is 11.7 Å². The summed E-state index contributed by atoms with van der Waals surface area (Å²) in [5, 5.41) is 0.292. The molecule has 158 valence electrons. The molecule has 2 aromatic heterocycles. The van der Waals surface area contributed by atoms with Gasteiger partial charge < -0.3 is 21.2 Å². The zero-order valence-corrected chi connectivity index (χ0v) is 16.7. The maximum Gasteiger partial charge on any atom is 0.350 e. The van der Waals surface area contributed by atoms with Gasteiger partial charge in [0.1, 0.15) is 12.0 Å². The molecule has 2 fully saturated rings. The highest BCUT2D eigenvalue weighted by Crippen LogP contribution is 2.37. The van der Waals surface area contributed by atoms with Gasteiger partial charge in [0, 0.05) is 42.9 Å². The molecule has 0 bridgehead atoms. The molecule has 4 N–H and O–H groups in total. The topological polar surface area (TPSA) is 121 Å². The van der Waals surface area contributed by atoms with E-state index in [4.69, 9.17) is 16.3 Å². The lowest BCUT2D eigenvalue weighted by Crippen LogP contribution is -2.44. The summed E-state index contributed by atoms with van der Waals surface area (Å²) in [4.78, 5) is 31.4. The number of ether oxygens (including phenoxy) is 1. The summed E-state index contributed by atoms with van der Waals surface area (Å²) >= 11 is 0. The van der Waals surface area contributed by atoms with Crippen LogP contribution in [0.3, 0.4) is 0 Å². The van der Waals surface area contributed by atoms with Crippen molar-refractivity contribution in [2.75, 3.05) is 37.0 Å². The first-order valence-electron chi connectivity index (χ1n) is 9.99. The van der Waals surface area contributed by atoms with Crippen LogP contribution >= 0.6 is 0 Å². The average Bonchev–Trinajstić information content (AvgIpc) is 3.46. The molecule has 1 saturated carbocycles.